The van der Waals surface area contributed by atoms with E-state index in [-0.39, 0.29) is 24.5 Å². The van der Waals surface area contributed by atoms with E-state index in [1.807, 2.05) is 42.2 Å². The third kappa shape index (κ3) is 2.70. The van der Waals surface area contributed by atoms with Crippen molar-refractivity contribution in [3.8, 4) is 5.69 Å². The van der Waals surface area contributed by atoms with Gasteiger partial charge in [0, 0.05) is 19.6 Å². The Hall–Kier alpha value is -2.25. The minimum Gasteiger partial charge on any atom is -0.373 e. The number of carbonyl (C=O) groups is 1. The molecule has 0 saturated carbocycles. The van der Waals surface area contributed by atoms with Gasteiger partial charge in [-0.15, -0.1) is 5.10 Å². The summed E-state index contributed by atoms with van der Waals surface area (Å²) in [6.45, 7) is 4.82. The highest BCUT2D eigenvalue weighted by atomic mass is 16.5. The summed E-state index contributed by atoms with van der Waals surface area (Å²) in [5, 5.41) is 11.7. The maximum Gasteiger partial charge on any atom is 0.229 e. The smallest absolute Gasteiger partial charge is 0.229 e. The van der Waals surface area contributed by atoms with Crippen molar-refractivity contribution in [2.24, 2.45) is 0 Å². The molecule has 7 heteroatoms. The molecule has 0 spiro atoms. The van der Waals surface area contributed by atoms with Crippen LogP contribution in [0.4, 0.5) is 0 Å². The number of morpholine rings is 1. The van der Waals surface area contributed by atoms with Crippen LogP contribution < -0.4 is 5.32 Å². The molecule has 2 aliphatic heterocycles. The third-order valence-electron chi connectivity index (χ3n) is 4.82. The second-order valence-electron chi connectivity index (χ2n) is 6.27. The van der Waals surface area contributed by atoms with Crippen molar-refractivity contribution in [3.63, 3.8) is 0 Å². The third-order valence-corrected chi connectivity index (χ3v) is 4.82. The molecular formula is C17H21N5O2. The van der Waals surface area contributed by atoms with Crippen LogP contribution in [0.2, 0.25) is 0 Å². The van der Waals surface area contributed by atoms with Crippen molar-refractivity contribution < 1.29 is 9.53 Å². The first-order chi connectivity index (χ1) is 11.7. The van der Waals surface area contributed by atoms with E-state index < -0.39 is 0 Å². The Morgan fingerprint density at radius 2 is 2.17 bits per heavy atom. The molecule has 24 heavy (non-hydrogen) atoms. The van der Waals surface area contributed by atoms with Crippen LogP contribution in [0.25, 0.3) is 5.69 Å². The molecule has 126 valence electrons. The lowest BCUT2D eigenvalue weighted by Gasteiger charge is -2.36. The first-order valence-corrected chi connectivity index (χ1v) is 8.32. The highest BCUT2D eigenvalue weighted by molar-refractivity contribution is 5.79. The van der Waals surface area contributed by atoms with Gasteiger partial charge in [0.05, 0.1) is 42.2 Å². The molecule has 3 heterocycles. The maximum absolute atomic E-state index is 12.8. The molecule has 4 rings (SSSR count). The quantitative estimate of drug-likeness (QED) is 0.879. The van der Waals surface area contributed by atoms with Gasteiger partial charge in [-0.2, -0.15) is 0 Å². The molecule has 1 aromatic heterocycles. The number of benzene rings is 1. The number of fused-ring (bicyclic) bond motifs is 1. The second-order valence-corrected chi connectivity index (χ2v) is 6.27. The van der Waals surface area contributed by atoms with Gasteiger partial charge in [-0.1, -0.05) is 23.4 Å². The molecule has 0 bridgehead atoms. The molecule has 1 N–H and O–H groups in total. The number of hydrogen-bond acceptors (Lipinski definition) is 5. The van der Waals surface area contributed by atoms with Crippen LogP contribution in [0.5, 0.6) is 0 Å². The van der Waals surface area contributed by atoms with Gasteiger partial charge >= 0.3 is 0 Å². The number of nitrogens with zero attached hydrogens (tertiary/aromatic N) is 4. The summed E-state index contributed by atoms with van der Waals surface area (Å²) in [7, 11) is 0. The van der Waals surface area contributed by atoms with Crippen molar-refractivity contribution in [1.29, 1.82) is 0 Å². The normalized spacial score (nSPS) is 23.3. The maximum atomic E-state index is 12.8. The summed E-state index contributed by atoms with van der Waals surface area (Å²) in [5.74, 6) is 0.0974. The van der Waals surface area contributed by atoms with Crippen LogP contribution in [0.1, 0.15) is 11.4 Å². The summed E-state index contributed by atoms with van der Waals surface area (Å²) >= 11 is 0. The topological polar surface area (TPSA) is 72.3 Å². The van der Waals surface area contributed by atoms with Crippen molar-refractivity contribution in [2.75, 3.05) is 26.2 Å². The van der Waals surface area contributed by atoms with E-state index in [0.717, 1.165) is 30.2 Å². The van der Waals surface area contributed by atoms with Crippen LogP contribution in [0.15, 0.2) is 30.3 Å². The first kappa shape index (κ1) is 15.3. The number of ether oxygens (including phenoxy) is 1. The van der Waals surface area contributed by atoms with Crippen LogP contribution in [0.3, 0.4) is 0 Å². The van der Waals surface area contributed by atoms with Gasteiger partial charge in [0.1, 0.15) is 0 Å². The average molecular weight is 327 g/mol. The SMILES string of the molecule is Cc1c(CC(=O)N2CCO[C@H]3CNC[C@H]32)nnn1-c1ccccc1. The number of aromatic nitrogens is 3. The lowest BCUT2D eigenvalue weighted by atomic mass is 10.1. The van der Waals surface area contributed by atoms with Gasteiger partial charge in [-0.25, -0.2) is 4.68 Å². The Morgan fingerprint density at radius 3 is 3.00 bits per heavy atom. The largest absolute Gasteiger partial charge is 0.373 e. The number of rotatable bonds is 3. The van der Waals surface area contributed by atoms with E-state index >= 15 is 0 Å². The minimum atomic E-state index is 0.0974. The number of nitrogens with one attached hydrogen (secondary N) is 1. The summed E-state index contributed by atoms with van der Waals surface area (Å²) < 4.78 is 7.51. The molecule has 2 aliphatic rings. The Kier molecular flexibility index (Phi) is 4.03. The molecule has 0 aliphatic carbocycles. The fourth-order valence-electron chi connectivity index (χ4n) is 3.48. The number of para-hydroxylation sites is 1. The van der Waals surface area contributed by atoms with Gasteiger partial charge in [-0.3, -0.25) is 4.79 Å². The number of carbonyl (C=O) groups excluding carboxylic acids is 1. The van der Waals surface area contributed by atoms with Crippen molar-refractivity contribution in [1.82, 2.24) is 25.2 Å². The lowest BCUT2D eigenvalue weighted by Crippen LogP contribution is -2.53. The Morgan fingerprint density at radius 1 is 1.33 bits per heavy atom. The zero-order valence-electron chi connectivity index (χ0n) is 13.7. The van der Waals surface area contributed by atoms with E-state index in [1.54, 1.807) is 4.68 Å². The molecule has 2 aromatic rings. The van der Waals surface area contributed by atoms with Gasteiger partial charge in [0.2, 0.25) is 5.91 Å². The van der Waals surface area contributed by atoms with Gasteiger partial charge in [0.25, 0.3) is 0 Å². The molecule has 1 amide bonds. The highest BCUT2D eigenvalue weighted by Crippen LogP contribution is 2.19. The molecule has 0 unspecified atom stereocenters. The molecule has 7 nitrogen and oxygen atoms in total. The fraction of sp³-hybridized carbons (Fsp3) is 0.471. The number of hydrogen-bond donors (Lipinski definition) is 1. The summed E-state index contributed by atoms with van der Waals surface area (Å²) in [5.41, 5.74) is 2.59. The predicted octanol–water partition coefficient (Wildman–Crippen LogP) is 0.317. The Balaban J connectivity index is 1.51. The van der Waals surface area contributed by atoms with E-state index in [4.69, 9.17) is 4.74 Å². The molecule has 0 radical (unpaired) electrons. The Labute approximate surface area is 140 Å². The minimum absolute atomic E-state index is 0.0974. The zero-order chi connectivity index (χ0) is 16.5. The highest BCUT2D eigenvalue weighted by Gasteiger charge is 2.38. The second kappa shape index (κ2) is 6.33. The molecule has 1 aromatic carbocycles. The summed E-state index contributed by atoms with van der Waals surface area (Å²) in [6, 6.07) is 9.97. The van der Waals surface area contributed by atoms with E-state index in [9.17, 15) is 4.79 Å². The Bertz CT molecular complexity index is 730. The molecular weight excluding hydrogens is 306 g/mol. The van der Waals surface area contributed by atoms with Crippen molar-refractivity contribution >= 4 is 5.91 Å². The first-order valence-electron chi connectivity index (χ1n) is 8.32. The fourth-order valence-corrected chi connectivity index (χ4v) is 3.48. The molecule has 2 saturated heterocycles. The van der Waals surface area contributed by atoms with Gasteiger partial charge < -0.3 is 15.0 Å². The molecule has 2 atom stereocenters. The zero-order valence-corrected chi connectivity index (χ0v) is 13.7. The van der Waals surface area contributed by atoms with Gasteiger partial charge in [-0.05, 0) is 19.1 Å². The van der Waals surface area contributed by atoms with E-state index in [1.165, 1.54) is 0 Å². The standard InChI is InChI=1S/C17H21N5O2/c1-12-14(19-20-22(12)13-5-3-2-4-6-13)9-17(23)21-7-8-24-16-11-18-10-15(16)21/h2-6,15-16,18H,7-11H2,1H3/t15-,16+/m1/s1. The molecule has 2 fully saturated rings. The van der Waals surface area contributed by atoms with Crippen molar-refractivity contribution in [3.05, 3.63) is 41.7 Å². The predicted molar refractivity (Wildman–Crippen MR) is 87.9 cm³/mol. The lowest BCUT2D eigenvalue weighted by molar-refractivity contribution is -0.142. The van der Waals surface area contributed by atoms with Crippen LogP contribution in [-0.4, -0.2) is 64.2 Å². The van der Waals surface area contributed by atoms with Crippen LogP contribution in [-0.2, 0) is 16.0 Å². The van der Waals surface area contributed by atoms with Gasteiger partial charge in [0.15, 0.2) is 0 Å². The monoisotopic (exact) mass is 327 g/mol. The average Bonchev–Trinajstić information content (AvgIpc) is 3.22. The van der Waals surface area contributed by atoms with Crippen LogP contribution >= 0.6 is 0 Å². The summed E-state index contributed by atoms with van der Waals surface area (Å²) in [6.07, 6.45) is 0.394. The summed E-state index contributed by atoms with van der Waals surface area (Å²) in [4.78, 5) is 14.7. The van der Waals surface area contributed by atoms with Crippen LogP contribution in [0, 0.1) is 6.92 Å². The number of amides is 1. The van der Waals surface area contributed by atoms with E-state index in [0.29, 0.717) is 13.2 Å². The van der Waals surface area contributed by atoms with Crippen molar-refractivity contribution in [2.45, 2.75) is 25.5 Å². The van der Waals surface area contributed by atoms with E-state index in [2.05, 4.69) is 15.6 Å².